The van der Waals surface area contributed by atoms with Crippen LogP contribution in [0.5, 0.6) is 5.75 Å². The molecule has 1 aliphatic heterocycles. The molecular formula is C14H17N5O2. The van der Waals surface area contributed by atoms with Gasteiger partial charge < -0.3 is 19.9 Å². The van der Waals surface area contributed by atoms with Gasteiger partial charge in [0.2, 0.25) is 0 Å². The van der Waals surface area contributed by atoms with Crippen molar-refractivity contribution in [2.24, 2.45) is 5.73 Å². The normalized spacial score (nSPS) is 13.9. The van der Waals surface area contributed by atoms with E-state index in [4.69, 9.17) is 10.5 Å². The SMILES string of the molecule is NCc1ccc(OCC(=O)N2CCn3cnnc3C2)cc1. The molecule has 0 aliphatic carbocycles. The van der Waals surface area contributed by atoms with Crippen molar-refractivity contribution in [3.05, 3.63) is 42.0 Å². The third kappa shape index (κ3) is 3.03. The summed E-state index contributed by atoms with van der Waals surface area (Å²) >= 11 is 0. The monoisotopic (exact) mass is 287 g/mol. The maximum absolute atomic E-state index is 12.1. The highest BCUT2D eigenvalue weighted by atomic mass is 16.5. The Balaban J connectivity index is 1.54. The number of fused-ring (bicyclic) bond motifs is 1. The first-order valence-corrected chi connectivity index (χ1v) is 6.82. The molecule has 0 saturated heterocycles. The summed E-state index contributed by atoms with van der Waals surface area (Å²) in [5, 5.41) is 7.83. The highest BCUT2D eigenvalue weighted by molar-refractivity contribution is 5.77. The molecule has 1 aromatic carbocycles. The van der Waals surface area contributed by atoms with E-state index < -0.39 is 0 Å². The number of benzene rings is 1. The van der Waals surface area contributed by atoms with Crippen LogP contribution < -0.4 is 10.5 Å². The number of nitrogens with two attached hydrogens (primary N) is 1. The van der Waals surface area contributed by atoms with E-state index >= 15 is 0 Å². The van der Waals surface area contributed by atoms with Crippen molar-refractivity contribution >= 4 is 5.91 Å². The summed E-state index contributed by atoms with van der Waals surface area (Å²) in [4.78, 5) is 13.9. The van der Waals surface area contributed by atoms with E-state index in [1.807, 2.05) is 28.8 Å². The van der Waals surface area contributed by atoms with E-state index in [9.17, 15) is 4.79 Å². The Labute approximate surface area is 122 Å². The van der Waals surface area contributed by atoms with Gasteiger partial charge in [0.25, 0.3) is 5.91 Å². The predicted molar refractivity (Wildman–Crippen MR) is 75.3 cm³/mol. The average Bonchev–Trinajstić information content (AvgIpc) is 3.00. The quantitative estimate of drug-likeness (QED) is 0.865. The van der Waals surface area contributed by atoms with Crippen molar-refractivity contribution in [3.8, 4) is 5.75 Å². The maximum atomic E-state index is 12.1. The molecule has 0 spiro atoms. The number of nitrogens with zero attached hydrogens (tertiary/aromatic N) is 4. The zero-order chi connectivity index (χ0) is 14.7. The van der Waals surface area contributed by atoms with E-state index in [2.05, 4.69) is 10.2 Å². The van der Waals surface area contributed by atoms with E-state index in [1.165, 1.54) is 0 Å². The van der Waals surface area contributed by atoms with Crippen LogP contribution in [0.1, 0.15) is 11.4 Å². The van der Waals surface area contributed by atoms with Crippen molar-refractivity contribution in [1.82, 2.24) is 19.7 Å². The number of rotatable bonds is 4. The lowest BCUT2D eigenvalue weighted by molar-refractivity contribution is -0.134. The van der Waals surface area contributed by atoms with E-state index in [0.717, 1.165) is 17.9 Å². The number of carbonyl (C=O) groups excluding carboxylic acids is 1. The van der Waals surface area contributed by atoms with Gasteiger partial charge in [-0.05, 0) is 17.7 Å². The molecule has 1 amide bonds. The predicted octanol–water partition coefficient (Wildman–Crippen LogP) is 0.158. The number of amides is 1. The van der Waals surface area contributed by atoms with Gasteiger partial charge in [0, 0.05) is 19.6 Å². The van der Waals surface area contributed by atoms with Crippen LogP contribution in [-0.2, 0) is 24.4 Å². The third-order valence-corrected chi connectivity index (χ3v) is 3.51. The Morgan fingerprint density at radius 1 is 1.29 bits per heavy atom. The summed E-state index contributed by atoms with van der Waals surface area (Å²) in [6.45, 7) is 2.37. The number of aromatic nitrogens is 3. The van der Waals surface area contributed by atoms with Gasteiger partial charge in [-0.25, -0.2) is 0 Å². The van der Waals surface area contributed by atoms with Gasteiger partial charge in [0.1, 0.15) is 12.1 Å². The molecule has 0 saturated carbocycles. The van der Waals surface area contributed by atoms with Gasteiger partial charge in [-0.15, -0.1) is 10.2 Å². The molecule has 7 nitrogen and oxygen atoms in total. The fraction of sp³-hybridized carbons (Fsp3) is 0.357. The zero-order valence-electron chi connectivity index (χ0n) is 11.6. The van der Waals surface area contributed by atoms with Crippen molar-refractivity contribution in [3.63, 3.8) is 0 Å². The number of hydrogen-bond acceptors (Lipinski definition) is 5. The Morgan fingerprint density at radius 2 is 2.10 bits per heavy atom. The third-order valence-electron chi connectivity index (χ3n) is 3.51. The Bertz CT molecular complexity index is 623. The topological polar surface area (TPSA) is 86.3 Å². The second kappa shape index (κ2) is 5.92. The van der Waals surface area contributed by atoms with Gasteiger partial charge in [0.15, 0.2) is 12.4 Å². The highest BCUT2D eigenvalue weighted by Gasteiger charge is 2.21. The molecule has 2 aromatic rings. The second-order valence-electron chi connectivity index (χ2n) is 4.89. The molecule has 2 N–H and O–H groups in total. The van der Waals surface area contributed by atoms with Crippen LogP contribution in [0.3, 0.4) is 0 Å². The molecule has 2 heterocycles. The minimum absolute atomic E-state index is 0.0239. The van der Waals surface area contributed by atoms with Crippen molar-refractivity contribution in [2.75, 3.05) is 13.2 Å². The first-order valence-electron chi connectivity index (χ1n) is 6.82. The van der Waals surface area contributed by atoms with Crippen LogP contribution in [0.25, 0.3) is 0 Å². The summed E-state index contributed by atoms with van der Waals surface area (Å²) in [6, 6.07) is 7.43. The van der Waals surface area contributed by atoms with Crippen LogP contribution >= 0.6 is 0 Å². The van der Waals surface area contributed by atoms with E-state index in [1.54, 1.807) is 11.2 Å². The molecular weight excluding hydrogens is 270 g/mol. The van der Waals surface area contributed by atoms with Crippen molar-refractivity contribution in [2.45, 2.75) is 19.6 Å². The Morgan fingerprint density at radius 3 is 2.86 bits per heavy atom. The van der Waals surface area contributed by atoms with Gasteiger partial charge >= 0.3 is 0 Å². The zero-order valence-corrected chi connectivity index (χ0v) is 11.6. The molecule has 1 aliphatic rings. The molecule has 21 heavy (non-hydrogen) atoms. The standard InChI is InChI=1S/C14H17N5O2/c15-7-11-1-3-12(4-2-11)21-9-14(20)18-5-6-19-10-16-17-13(19)8-18/h1-4,10H,5-9,15H2. The highest BCUT2D eigenvalue weighted by Crippen LogP contribution is 2.13. The van der Waals surface area contributed by atoms with Crippen LogP contribution in [0.2, 0.25) is 0 Å². The number of ether oxygens (including phenoxy) is 1. The molecule has 7 heteroatoms. The summed E-state index contributed by atoms with van der Waals surface area (Å²) in [7, 11) is 0. The lowest BCUT2D eigenvalue weighted by Crippen LogP contribution is -2.40. The van der Waals surface area contributed by atoms with E-state index in [-0.39, 0.29) is 12.5 Å². The summed E-state index contributed by atoms with van der Waals surface area (Å²) in [5.41, 5.74) is 6.57. The lowest BCUT2D eigenvalue weighted by Gasteiger charge is -2.26. The summed E-state index contributed by atoms with van der Waals surface area (Å²) in [5.74, 6) is 1.43. The fourth-order valence-corrected chi connectivity index (χ4v) is 2.24. The smallest absolute Gasteiger partial charge is 0.260 e. The van der Waals surface area contributed by atoms with Crippen molar-refractivity contribution in [1.29, 1.82) is 0 Å². The molecule has 0 bridgehead atoms. The average molecular weight is 287 g/mol. The van der Waals surface area contributed by atoms with Gasteiger partial charge in [-0.1, -0.05) is 12.1 Å². The van der Waals surface area contributed by atoms with Crippen LogP contribution in [0.15, 0.2) is 30.6 Å². The largest absolute Gasteiger partial charge is 0.484 e. The maximum Gasteiger partial charge on any atom is 0.260 e. The summed E-state index contributed by atoms with van der Waals surface area (Å²) in [6.07, 6.45) is 1.69. The van der Waals surface area contributed by atoms with E-state index in [0.29, 0.717) is 25.4 Å². The molecule has 110 valence electrons. The van der Waals surface area contributed by atoms with Gasteiger partial charge in [0.05, 0.1) is 6.54 Å². The van der Waals surface area contributed by atoms with Gasteiger partial charge in [-0.2, -0.15) is 0 Å². The fourth-order valence-electron chi connectivity index (χ4n) is 2.24. The number of carbonyl (C=O) groups is 1. The molecule has 0 fully saturated rings. The van der Waals surface area contributed by atoms with Crippen LogP contribution in [0.4, 0.5) is 0 Å². The molecule has 0 atom stereocenters. The van der Waals surface area contributed by atoms with Crippen LogP contribution in [0, 0.1) is 0 Å². The molecule has 3 rings (SSSR count). The first kappa shape index (κ1) is 13.6. The van der Waals surface area contributed by atoms with Crippen LogP contribution in [-0.4, -0.2) is 38.7 Å². The number of hydrogen-bond donors (Lipinski definition) is 1. The van der Waals surface area contributed by atoms with Gasteiger partial charge in [-0.3, -0.25) is 4.79 Å². The minimum Gasteiger partial charge on any atom is -0.484 e. The molecule has 0 unspecified atom stereocenters. The first-order chi connectivity index (χ1) is 10.3. The van der Waals surface area contributed by atoms with Crippen molar-refractivity contribution < 1.29 is 9.53 Å². The Hall–Kier alpha value is -2.41. The lowest BCUT2D eigenvalue weighted by atomic mass is 10.2. The second-order valence-corrected chi connectivity index (χ2v) is 4.89. The molecule has 1 aromatic heterocycles. The Kier molecular flexibility index (Phi) is 3.83. The minimum atomic E-state index is -0.0489. The molecule has 0 radical (unpaired) electrons. The summed E-state index contributed by atoms with van der Waals surface area (Å²) < 4.78 is 7.47.